The molecule has 0 bridgehead atoms. The van der Waals surface area contributed by atoms with Crippen LogP contribution in [-0.4, -0.2) is 31.5 Å². The second-order valence-corrected chi connectivity index (χ2v) is 9.70. The highest BCUT2D eigenvalue weighted by atomic mass is 32.2. The zero-order valence-corrected chi connectivity index (χ0v) is 20.0. The Morgan fingerprint density at radius 1 is 1.19 bits per heavy atom. The molecule has 1 fully saturated rings. The van der Waals surface area contributed by atoms with Gasteiger partial charge in [-0.15, -0.1) is 6.58 Å². The molecule has 0 unspecified atom stereocenters. The van der Waals surface area contributed by atoms with Crippen LogP contribution < -0.4 is 0 Å². The van der Waals surface area contributed by atoms with E-state index in [-0.39, 0.29) is 5.91 Å². The molecule has 1 amide bonds. The molecular formula is C26H25N3OS2. The Kier molecular flexibility index (Phi) is 6.44. The van der Waals surface area contributed by atoms with Gasteiger partial charge >= 0.3 is 0 Å². The zero-order valence-electron chi connectivity index (χ0n) is 18.4. The summed E-state index contributed by atoms with van der Waals surface area (Å²) in [6.45, 7) is 10.6. The molecule has 1 aliphatic rings. The maximum absolute atomic E-state index is 12.9. The molecule has 2 heterocycles. The van der Waals surface area contributed by atoms with Crippen molar-refractivity contribution in [3.05, 3.63) is 89.0 Å². The second-order valence-electron chi connectivity index (χ2n) is 8.02. The Hall–Kier alpha value is -2.96. The summed E-state index contributed by atoms with van der Waals surface area (Å²) in [6, 6.07) is 16.5. The first-order chi connectivity index (χ1) is 15.4. The number of rotatable bonds is 6. The van der Waals surface area contributed by atoms with Crippen molar-refractivity contribution < 1.29 is 4.79 Å². The van der Waals surface area contributed by atoms with Crippen LogP contribution in [0.2, 0.25) is 0 Å². The summed E-state index contributed by atoms with van der Waals surface area (Å²) in [5, 5.41) is 4.94. The Balaban J connectivity index is 1.87. The molecule has 4 rings (SSSR count). The van der Waals surface area contributed by atoms with Crippen LogP contribution in [0.3, 0.4) is 0 Å². The van der Waals surface area contributed by atoms with Gasteiger partial charge in [-0.05, 0) is 48.2 Å². The summed E-state index contributed by atoms with van der Waals surface area (Å²) in [6.07, 6.45) is 5.57. The van der Waals surface area contributed by atoms with Crippen LogP contribution in [0.5, 0.6) is 0 Å². The maximum Gasteiger partial charge on any atom is 0.266 e. The van der Waals surface area contributed by atoms with E-state index in [1.54, 1.807) is 11.0 Å². The molecule has 6 heteroatoms. The summed E-state index contributed by atoms with van der Waals surface area (Å²) in [5.74, 6) is 0.315. The maximum atomic E-state index is 12.9. The first-order valence-electron chi connectivity index (χ1n) is 10.5. The molecule has 1 saturated heterocycles. The highest BCUT2D eigenvalue weighted by Crippen LogP contribution is 2.36. The van der Waals surface area contributed by atoms with Gasteiger partial charge in [-0.1, -0.05) is 74.2 Å². The van der Waals surface area contributed by atoms with E-state index in [1.165, 1.54) is 17.3 Å². The number of thioether (sulfide) groups is 1. The van der Waals surface area contributed by atoms with Crippen LogP contribution in [0.25, 0.3) is 23.0 Å². The van der Waals surface area contributed by atoms with Gasteiger partial charge in [0, 0.05) is 23.9 Å². The van der Waals surface area contributed by atoms with Crippen molar-refractivity contribution in [2.75, 3.05) is 6.54 Å². The number of nitrogens with zero attached hydrogens (tertiary/aromatic N) is 3. The average Bonchev–Trinajstić information content (AvgIpc) is 3.31. The van der Waals surface area contributed by atoms with Crippen molar-refractivity contribution in [1.82, 2.24) is 14.7 Å². The number of aromatic nitrogens is 2. The number of hydrogen-bond acceptors (Lipinski definition) is 4. The van der Waals surface area contributed by atoms with Gasteiger partial charge < -0.3 is 0 Å². The van der Waals surface area contributed by atoms with Gasteiger partial charge in [0.25, 0.3) is 5.91 Å². The van der Waals surface area contributed by atoms with Crippen molar-refractivity contribution in [3.63, 3.8) is 0 Å². The topological polar surface area (TPSA) is 38.1 Å². The number of para-hydroxylation sites is 1. The lowest BCUT2D eigenvalue weighted by atomic mass is 9.95. The van der Waals surface area contributed by atoms with Crippen LogP contribution in [0, 0.1) is 6.92 Å². The Morgan fingerprint density at radius 3 is 2.62 bits per heavy atom. The zero-order chi connectivity index (χ0) is 22.8. The monoisotopic (exact) mass is 459 g/mol. The minimum Gasteiger partial charge on any atom is -0.289 e. The second kappa shape index (κ2) is 9.27. The van der Waals surface area contributed by atoms with Crippen LogP contribution in [0.4, 0.5) is 0 Å². The number of hydrogen-bond donors (Lipinski definition) is 0. The number of benzene rings is 2. The molecule has 1 aliphatic heterocycles. The van der Waals surface area contributed by atoms with Gasteiger partial charge in [-0.3, -0.25) is 9.69 Å². The van der Waals surface area contributed by atoms with Crippen molar-refractivity contribution in [2.45, 2.75) is 26.7 Å². The fraction of sp³-hybridized carbons (Fsp3) is 0.192. The third-order valence-corrected chi connectivity index (χ3v) is 6.80. The van der Waals surface area contributed by atoms with Crippen LogP contribution in [0.15, 0.2) is 72.3 Å². The molecule has 0 atom stereocenters. The number of aryl methyl sites for hydroxylation is 1. The molecular weight excluding hydrogens is 434 g/mol. The fourth-order valence-corrected chi connectivity index (χ4v) is 4.86. The SMILES string of the molecule is C=CCN1C(=O)/C(=C\c2cn(-c3ccccc3)nc2-c2cc(C(C)C)ccc2C)SC1=S. The van der Waals surface area contributed by atoms with E-state index in [2.05, 4.69) is 45.5 Å². The number of carbonyl (C=O) groups is 1. The van der Waals surface area contributed by atoms with E-state index in [0.29, 0.717) is 21.7 Å². The van der Waals surface area contributed by atoms with Gasteiger partial charge in [0.1, 0.15) is 10.0 Å². The Labute approximate surface area is 198 Å². The molecule has 2 aromatic carbocycles. The lowest BCUT2D eigenvalue weighted by Gasteiger charge is -2.11. The molecule has 0 spiro atoms. The molecule has 32 heavy (non-hydrogen) atoms. The van der Waals surface area contributed by atoms with Gasteiger partial charge in [-0.25, -0.2) is 4.68 Å². The van der Waals surface area contributed by atoms with E-state index < -0.39 is 0 Å². The average molecular weight is 460 g/mol. The normalized spacial score (nSPS) is 15.2. The minimum atomic E-state index is -0.0917. The minimum absolute atomic E-state index is 0.0917. The number of thiocarbonyl (C=S) groups is 1. The summed E-state index contributed by atoms with van der Waals surface area (Å²) >= 11 is 6.73. The van der Waals surface area contributed by atoms with Crippen LogP contribution in [0.1, 0.15) is 36.5 Å². The summed E-state index contributed by atoms with van der Waals surface area (Å²) in [5.41, 5.74) is 6.16. The first kappa shape index (κ1) is 22.2. The quantitative estimate of drug-likeness (QED) is 0.244. The fourth-order valence-electron chi connectivity index (χ4n) is 3.60. The highest BCUT2D eigenvalue weighted by molar-refractivity contribution is 8.26. The van der Waals surface area contributed by atoms with Crippen LogP contribution >= 0.6 is 24.0 Å². The van der Waals surface area contributed by atoms with E-state index >= 15 is 0 Å². The first-order valence-corrected chi connectivity index (χ1v) is 11.7. The van der Waals surface area contributed by atoms with E-state index in [9.17, 15) is 4.79 Å². The molecule has 1 aromatic heterocycles. The summed E-state index contributed by atoms with van der Waals surface area (Å²) in [4.78, 5) is 15.1. The lowest BCUT2D eigenvalue weighted by molar-refractivity contribution is -0.121. The Bertz CT molecular complexity index is 1230. The molecule has 0 radical (unpaired) electrons. The predicted molar refractivity (Wildman–Crippen MR) is 138 cm³/mol. The van der Waals surface area contributed by atoms with Crippen molar-refractivity contribution in [3.8, 4) is 16.9 Å². The molecule has 162 valence electrons. The molecule has 0 N–H and O–H groups in total. The van der Waals surface area contributed by atoms with Crippen molar-refractivity contribution >= 4 is 40.3 Å². The standard InChI is InChI=1S/C26H25N3OS2/c1-5-13-28-25(30)23(32-26(28)31)15-20-16-29(21-9-7-6-8-10-21)27-24(20)22-14-19(17(2)3)12-11-18(22)4/h5-12,14-17H,1,13H2,2-4H3/b23-15+. The smallest absolute Gasteiger partial charge is 0.266 e. The van der Waals surface area contributed by atoms with Crippen LogP contribution in [-0.2, 0) is 4.79 Å². The summed E-state index contributed by atoms with van der Waals surface area (Å²) in [7, 11) is 0. The van der Waals surface area contributed by atoms with Gasteiger partial charge in [0.05, 0.1) is 10.6 Å². The molecule has 4 nitrogen and oxygen atoms in total. The summed E-state index contributed by atoms with van der Waals surface area (Å²) < 4.78 is 2.42. The largest absolute Gasteiger partial charge is 0.289 e. The van der Waals surface area contributed by atoms with E-state index in [1.807, 2.05) is 47.3 Å². The molecule has 0 saturated carbocycles. The van der Waals surface area contributed by atoms with Gasteiger partial charge in [0.15, 0.2) is 0 Å². The number of carbonyl (C=O) groups excluding carboxylic acids is 1. The van der Waals surface area contributed by atoms with E-state index in [0.717, 1.165) is 28.1 Å². The highest BCUT2D eigenvalue weighted by Gasteiger charge is 2.31. The Morgan fingerprint density at radius 2 is 1.94 bits per heavy atom. The van der Waals surface area contributed by atoms with Gasteiger partial charge in [0.2, 0.25) is 0 Å². The molecule has 0 aliphatic carbocycles. The molecule has 3 aromatic rings. The predicted octanol–water partition coefficient (Wildman–Crippen LogP) is 6.36. The third kappa shape index (κ3) is 4.33. The number of amides is 1. The third-order valence-electron chi connectivity index (χ3n) is 5.42. The van der Waals surface area contributed by atoms with E-state index in [4.69, 9.17) is 17.3 Å². The van der Waals surface area contributed by atoms with Crippen molar-refractivity contribution in [2.24, 2.45) is 0 Å². The lowest BCUT2D eigenvalue weighted by Crippen LogP contribution is -2.27. The van der Waals surface area contributed by atoms with Crippen molar-refractivity contribution in [1.29, 1.82) is 0 Å². The van der Waals surface area contributed by atoms with Gasteiger partial charge in [-0.2, -0.15) is 5.10 Å².